The largest absolute Gasteiger partial charge is 0.573 e. The van der Waals surface area contributed by atoms with Gasteiger partial charge in [-0.2, -0.15) is 0 Å². The Morgan fingerprint density at radius 1 is 1.38 bits per heavy atom. The second-order valence-corrected chi connectivity index (χ2v) is 6.04. The Bertz CT molecular complexity index is 600. The Morgan fingerprint density at radius 2 is 2.17 bits per heavy atom. The topological polar surface area (TPSA) is 68.9 Å². The molecule has 0 spiro atoms. The predicted octanol–water partition coefficient (Wildman–Crippen LogP) is 2.52. The first-order valence-corrected chi connectivity index (χ1v) is 7.95. The van der Waals surface area contributed by atoms with E-state index < -0.39 is 6.36 Å². The molecule has 3 atom stereocenters. The van der Waals surface area contributed by atoms with Gasteiger partial charge in [0.25, 0.3) is 0 Å². The molecule has 0 amide bonds. The van der Waals surface area contributed by atoms with Crippen LogP contribution in [0, 0.1) is 0 Å². The van der Waals surface area contributed by atoms with Gasteiger partial charge in [0.15, 0.2) is 5.96 Å². The molecule has 2 fully saturated rings. The molecule has 1 saturated carbocycles. The van der Waals surface area contributed by atoms with Crippen molar-refractivity contribution in [3.8, 4) is 5.75 Å². The molecular formula is C16H20F3N3O2. The molecule has 0 radical (unpaired) electrons. The first-order valence-electron chi connectivity index (χ1n) is 7.95. The van der Waals surface area contributed by atoms with Gasteiger partial charge in [0, 0.05) is 18.6 Å². The molecule has 1 aliphatic heterocycles. The number of benzene rings is 1. The Morgan fingerprint density at radius 3 is 2.88 bits per heavy atom. The summed E-state index contributed by atoms with van der Waals surface area (Å²) in [6, 6.07) is 6.16. The number of ether oxygens (including phenoxy) is 2. The zero-order valence-electron chi connectivity index (χ0n) is 13.1. The molecule has 2 aliphatic rings. The zero-order valence-corrected chi connectivity index (χ0v) is 13.1. The van der Waals surface area contributed by atoms with E-state index in [1.165, 1.54) is 12.1 Å². The van der Waals surface area contributed by atoms with Crippen molar-refractivity contribution in [2.45, 2.75) is 43.7 Å². The smallest absolute Gasteiger partial charge is 0.405 e. The maximum atomic E-state index is 12.5. The summed E-state index contributed by atoms with van der Waals surface area (Å²) in [6.45, 7) is 1.26. The SMILES string of the molecule is NC(=NCC1CCCO1)NC1CC1c1ccccc1OC(F)(F)F. The Hall–Kier alpha value is -1.96. The minimum Gasteiger partial charge on any atom is -0.405 e. The fraction of sp³-hybridized carbons (Fsp3) is 0.562. The molecule has 0 aromatic heterocycles. The lowest BCUT2D eigenvalue weighted by molar-refractivity contribution is -0.274. The second-order valence-electron chi connectivity index (χ2n) is 6.04. The lowest BCUT2D eigenvalue weighted by atomic mass is 10.1. The third-order valence-electron chi connectivity index (χ3n) is 4.16. The average molecular weight is 343 g/mol. The normalized spacial score (nSPS) is 27.1. The van der Waals surface area contributed by atoms with E-state index in [1.54, 1.807) is 12.1 Å². The highest BCUT2D eigenvalue weighted by molar-refractivity contribution is 5.78. The minimum atomic E-state index is -4.70. The molecule has 24 heavy (non-hydrogen) atoms. The molecule has 3 unspecified atom stereocenters. The van der Waals surface area contributed by atoms with Crippen LogP contribution >= 0.6 is 0 Å². The van der Waals surface area contributed by atoms with E-state index in [1.807, 2.05) is 0 Å². The van der Waals surface area contributed by atoms with E-state index in [2.05, 4.69) is 15.0 Å². The van der Waals surface area contributed by atoms with E-state index in [9.17, 15) is 13.2 Å². The molecule has 0 bridgehead atoms. The van der Waals surface area contributed by atoms with E-state index in [0.717, 1.165) is 19.4 Å². The molecule has 1 heterocycles. The van der Waals surface area contributed by atoms with Gasteiger partial charge in [-0.15, -0.1) is 13.2 Å². The minimum absolute atomic E-state index is 0.0313. The number of aliphatic imine (C=N–C) groups is 1. The number of nitrogens with zero attached hydrogens (tertiary/aromatic N) is 1. The monoisotopic (exact) mass is 343 g/mol. The van der Waals surface area contributed by atoms with Crippen molar-refractivity contribution in [2.24, 2.45) is 10.7 Å². The van der Waals surface area contributed by atoms with Gasteiger partial charge in [0.05, 0.1) is 12.6 Å². The van der Waals surface area contributed by atoms with Crippen molar-refractivity contribution in [3.05, 3.63) is 29.8 Å². The number of nitrogens with two attached hydrogens (primary N) is 1. The number of halogens is 3. The van der Waals surface area contributed by atoms with Crippen molar-refractivity contribution < 1.29 is 22.6 Å². The van der Waals surface area contributed by atoms with Gasteiger partial charge in [-0.3, -0.25) is 4.99 Å². The number of hydrogen-bond acceptors (Lipinski definition) is 3. The number of alkyl halides is 3. The second kappa shape index (κ2) is 6.88. The van der Waals surface area contributed by atoms with Crippen LogP contribution in [0.5, 0.6) is 5.75 Å². The maximum Gasteiger partial charge on any atom is 0.573 e. The van der Waals surface area contributed by atoms with Crippen molar-refractivity contribution >= 4 is 5.96 Å². The molecular weight excluding hydrogens is 323 g/mol. The summed E-state index contributed by atoms with van der Waals surface area (Å²) >= 11 is 0. The van der Waals surface area contributed by atoms with Crippen LogP contribution in [0.25, 0.3) is 0 Å². The lowest BCUT2D eigenvalue weighted by Gasteiger charge is -2.13. The molecule has 3 rings (SSSR count). The molecule has 1 aromatic rings. The third-order valence-corrected chi connectivity index (χ3v) is 4.16. The number of nitrogens with one attached hydrogen (secondary N) is 1. The Balaban J connectivity index is 1.56. The third kappa shape index (κ3) is 4.53. The molecule has 5 nitrogen and oxygen atoms in total. The molecule has 1 aliphatic carbocycles. The Labute approximate surface area is 138 Å². The van der Waals surface area contributed by atoms with E-state index in [-0.39, 0.29) is 23.8 Å². The van der Waals surface area contributed by atoms with Crippen molar-refractivity contribution in [1.82, 2.24) is 5.32 Å². The van der Waals surface area contributed by atoms with Crippen molar-refractivity contribution in [3.63, 3.8) is 0 Å². The average Bonchev–Trinajstić information content (AvgIpc) is 3.06. The lowest BCUT2D eigenvalue weighted by Crippen LogP contribution is -2.35. The van der Waals surface area contributed by atoms with Crippen molar-refractivity contribution in [2.75, 3.05) is 13.2 Å². The highest BCUT2D eigenvalue weighted by atomic mass is 19.4. The summed E-state index contributed by atoms with van der Waals surface area (Å²) in [7, 11) is 0. The van der Waals surface area contributed by atoms with Gasteiger partial charge in [-0.05, 0) is 30.9 Å². The number of hydrogen-bond donors (Lipinski definition) is 2. The summed E-state index contributed by atoms with van der Waals surface area (Å²) in [4.78, 5) is 4.24. The highest BCUT2D eigenvalue weighted by Crippen LogP contribution is 2.45. The summed E-state index contributed by atoms with van der Waals surface area (Å²) in [5, 5.41) is 3.05. The van der Waals surface area contributed by atoms with Crippen LogP contribution in [-0.2, 0) is 4.74 Å². The van der Waals surface area contributed by atoms with Gasteiger partial charge in [-0.25, -0.2) is 0 Å². The number of guanidine groups is 1. The number of rotatable bonds is 5. The van der Waals surface area contributed by atoms with Gasteiger partial charge in [-0.1, -0.05) is 18.2 Å². The van der Waals surface area contributed by atoms with E-state index in [4.69, 9.17) is 10.5 Å². The molecule has 1 aromatic carbocycles. The van der Waals surface area contributed by atoms with Gasteiger partial charge in [0.1, 0.15) is 5.75 Å². The Kier molecular flexibility index (Phi) is 4.84. The highest BCUT2D eigenvalue weighted by Gasteiger charge is 2.42. The van der Waals surface area contributed by atoms with Crippen LogP contribution in [0.1, 0.15) is 30.7 Å². The summed E-state index contributed by atoms with van der Waals surface area (Å²) in [5.74, 6) is 0.0708. The van der Waals surface area contributed by atoms with Crippen LogP contribution in [0.3, 0.4) is 0 Å². The fourth-order valence-corrected chi connectivity index (χ4v) is 2.93. The van der Waals surface area contributed by atoms with Gasteiger partial charge >= 0.3 is 6.36 Å². The van der Waals surface area contributed by atoms with Gasteiger partial charge < -0.3 is 20.5 Å². The van der Waals surface area contributed by atoms with Crippen LogP contribution < -0.4 is 15.8 Å². The maximum absolute atomic E-state index is 12.5. The van der Waals surface area contributed by atoms with Crippen LogP contribution in [0.15, 0.2) is 29.3 Å². The summed E-state index contributed by atoms with van der Waals surface area (Å²) < 4.78 is 47.0. The molecule has 1 saturated heterocycles. The molecule has 3 N–H and O–H groups in total. The fourth-order valence-electron chi connectivity index (χ4n) is 2.93. The van der Waals surface area contributed by atoms with Crippen LogP contribution in [0.2, 0.25) is 0 Å². The first-order chi connectivity index (χ1) is 11.4. The molecule has 8 heteroatoms. The predicted molar refractivity (Wildman–Crippen MR) is 82.9 cm³/mol. The van der Waals surface area contributed by atoms with Crippen LogP contribution in [-0.4, -0.2) is 37.6 Å². The standard InChI is InChI=1S/C16H20F3N3O2/c17-16(18,19)24-14-6-2-1-5-11(14)12-8-13(12)22-15(20)21-9-10-4-3-7-23-10/h1-2,5-6,10,12-13H,3-4,7-9H2,(H3,20,21,22). The van der Waals surface area contributed by atoms with Crippen molar-refractivity contribution in [1.29, 1.82) is 0 Å². The summed E-state index contributed by atoms with van der Waals surface area (Å²) in [6.07, 6.45) is -1.88. The first kappa shape index (κ1) is 16.9. The number of para-hydroxylation sites is 1. The zero-order chi connectivity index (χ0) is 17.2. The quantitative estimate of drug-likeness (QED) is 0.637. The summed E-state index contributed by atoms with van der Waals surface area (Å²) in [5.41, 5.74) is 6.37. The van der Waals surface area contributed by atoms with Gasteiger partial charge in [0.2, 0.25) is 0 Å². The molecule has 132 valence electrons. The van der Waals surface area contributed by atoms with E-state index >= 15 is 0 Å². The van der Waals surface area contributed by atoms with E-state index in [0.29, 0.717) is 24.5 Å². The van der Waals surface area contributed by atoms with Crippen LogP contribution in [0.4, 0.5) is 13.2 Å².